The average molecular weight is 631 g/mol. The van der Waals surface area contributed by atoms with Crippen LogP contribution in [0.1, 0.15) is 71.2 Å². The van der Waals surface area contributed by atoms with Crippen molar-refractivity contribution >= 4 is 11.9 Å². The van der Waals surface area contributed by atoms with Crippen LogP contribution < -0.4 is 9.47 Å². The van der Waals surface area contributed by atoms with E-state index in [4.69, 9.17) is 18.9 Å². The van der Waals surface area contributed by atoms with Crippen molar-refractivity contribution in [1.29, 1.82) is 0 Å². The summed E-state index contributed by atoms with van der Waals surface area (Å²) in [6, 6.07) is 25.9. The van der Waals surface area contributed by atoms with E-state index in [2.05, 4.69) is 86.0 Å². The molecule has 0 heterocycles. The van der Waals surface area contributed by atoms with Gasteiger partial charge < -0.3 is 18.9 Å². The first-order valence-corrected chi connectivity index (χ1v) is 16.0. The quantitative estimate of drug-likeness (QED) is 0.0779. The number of carbonyl (C=O) groups is 2. The monoisotopic (exact) mass is 630 g/mol. The number of fused-ring (bicyclic) bond motifs is 3. The molecule has 0 radical (unpaired) electrons. The summed E-state index contributed by atoms with van der Waals surface area (Å²) in [6.45, 7) is 18.9. The molecule has 6 nitrogen and oxygen atoms in total. The van der Waals surface area contributed by atoms with Crippen LogP contribution in [-0.4, -0.2) is 24.5 Å². The lowest BCUT2D eigenvalue weighted by atomic mass is 9.66. The van der Waals surface area contributed by atoms with Gasteiger partial charge in [0.2, 0.25) is 12.6 Å². The lowest BCUT2D eigenvalue weighted by molar-refractivity contribution is -0.158. The summed E-state index contributed by atoms with van der Waals surface area (Å²) in [7, 11) is 0. The largest absolute Gasteiger partial charge is 0.454 e. The first kappa shape index (κ1) is 33.3. The van der Waals surface area contributed by atoms with Gasteiger partial charge in [0.15, 0.2) is 0 Å². The summed E-state index contributed by atoms with van der Waals surface area (Å²) in [6.07, 6.45) is 1.80. The highest BCUT2D eigenvalue weighted by Crippen LogP contribution is 2.57. The van der Waals surface area contributed by atoms with Crippen LogP contribution in [0.2, 0.25) is 0 Å². The molecule has 0 saturated carbocycles. The Balaban J connectivity index is 1.72. The summed E-state index contributed by atoms with van der Waals surface area (Å²) < 4.78 is 23.5. The molecule has 2 atom stereocenters. The molecular formula is C41H42O6. The number of hydrogen-bond acceptors (Lipinski definition) is 6. The molecule has 0 N–H and O–H groups in total. The molecule has 47 heavy (non-hydrogen) atoms. The number of carbonyl (C=O) groups excluding carboxylic acids is 2. The molecule has 242 valence electrons. The minimum absolute atomic E-state index is 0.490. The maximum Gasteiger partial charge on any atom is 0.333 e. The minimum Gasteiger partial charge on any atom is -0.454 e. The van der Waals surface area contributed by atoms with Gasteiger partial charge in [-0.15, -0.1) is 0 Å². The standard InChI is InChI=1S/C41H42O6/c1-9-35(42)44-37(11-3)46-39-25(5)21-29(22-26(39)6)41(33-19-15-13-17-31(33)32-18-14-16-20-34(32)41)30-23-27(7)40(28(8)24-30)47-38(12-4)45-36(43)10-2/h9-10,13-24,37-38H,1-2,11-12H2,3-8H3. The second kappa shape index (κ2) is 13.7. The summed E-state index contributed by atoms with van der Waals surface area (Å²) in [5, 5.41) is 0. The van der Waals surface area contributed by atoms with Crippen molar-refractivity contribution < 1.29 is 28.5 Å². The van der Waals surface area contributed by atoms with Crippen molar-refractivity contribution in [2.24, 2.45) is 0 Å². The Kier molecular flexibility index (Phi) is 9.71. The van der Waals surface area contributed by atoms with E-state index in [0.29, 0.717) is 24.3 Å². The molecule has 2 unspecified atom stereocenters. The van der Waals surface area contributed by atoms with E-state index in [1.54, 1.807) is 0 Å². The van der Waals surface area contributed by atoms with Gasteiger partial charge in [-0.25, -0.2) is 9.59 Å². The van der Waals surface area contributed by atoms with Crippen molar-refractivity contribution in [3.63, 3.8) is 0 Å². The van der Waals surface area contributed by atoms with Gasteiger partial charge in [-0.2, -0.15) is 0 Å². The molecular weight excluding hydrogens is 588 g/mol. The molecule has 0 saturated heterocycles. The van der Waals surface area contributed by atoms with Gasteiger partial charge in [-0.05, 0) is 83.3 Å². The van der Waals surface area contributed by atoms with Crippen molar-refractivity contribution in [1.82, 2.24) is 0 Å². The fraction of sp³-hybridized carbons (Fsp3) is 0.268. The molecule has 0 fully saturated rings. The summed E-state index contributed by atoms with van der Waals surface area (Å²) in [5.41, 5.74) is 9.95. The van der Waals surface area contributed by atoms with Crippen LogP contribution >= 0.6 is 0 Å². The molecule has 1 aliphatic rings. The molecule has 4 aromatic rings. The Morgan fingerprint density at radius 2 is 0.979 bits per heavy atom. The van der Waals surface area contributed by atoms with Crippen LogP contribution in [0.5, 0.6) is 11.5 Å². The van der Waals surface area contributed by atoms with Gasteiger partial charge in [0.25, 0.3) is 0 Å². The summed E-state index contributed by atoms with van der Waals surface area (Å²) in [5.74, 6) is 0.319. The van der Waals surface area contributed by atoms with Gasteiger partial charge >= 0.3 is 11.9 Å². The van der Waals surface area contributed by atoms with Gasteiger partial charge in [0.05, 0.1) is 5.41 Å². The third-order valence-corrected chi connectivity index (χ3v) is 8.73. The zero-order valence-corrected chi connectivity index (χ0v) is 28.0. The van der Waals surface area contributed by atoms with Crippen LogP contribution in [0.25, 0.3) is 11.1 Å². The van der Waals surface area contributed by atoms with Crippen LogP contribution in [0.15, 0.2) is 98.1 Å². The van der Waals surface area contributed by atoms with E-state index in [0.717, 1.165) is 45.5 Å². The molecule has 6 heteroatoms. The first-order chi connectivity index (χ1) is 22.6. The smallest absolute Gasteiger partial charge is 0.333 e. The molecule has 0 spiro atoms. The number of esters is 2. The van der Waals surface area contributed by atoms with E-state index >= 15 is 0 Å². The van der Waals surface area contributed by atoms with E-state index in [1.807, 2.05) is 41.5 Å². The van der Waals surface area contributed by atoms with Crippen LogP contribution in [0.4, 0.5) is 0 Å². The number of rotatable bonds is 12. The maximum absolute atomic E-state index is 12.0. The number of benzene rings is 4. The molecule has 0 bridgehead atoms. The molecule has 5 rings (SSSR count). The molecule has 0 amide bonds. The third-order valence-electron chi connectivity index (χ3n) is 8.73. The molecule has 0 aromatic heterocycles. The highest BCUT2D eigenvalue weighted by molar-refractivity contribution is 5.86. The fourth-order valence-corrected chi connectivity index (χ4v) is 6.73. The highest BCUT2D eigenvalue weighted by atomic mass is 16.7. The lowest BCUT2D eigenvalue weighted by Crippen LogP contribution is -2.30. The second-order valence-corrected chi connectivity index (χ2v) is 11.9. The topological polar surface area (TPSA) is 71.1 Å². The summed E-state index contributed by atoms with van der Waals surface area (Å²) in [4.78, 5) is 23.9. The van der Waals surface area contributed by atoms with Gasteiger partial charge in [-0.3, -0.25) is 0 Å². The van der Waals surface area contributed by atoms with E-state index in [1.165, 1.54) is 22.3 Å². The maximum atomic E-state index is 12.0. The van der Waals surface area contributed by atoms with E-state index in [-0.39, 0.29) is 0 Å². The molecule has 0 aliphatic heterocycles. The minimum atomic E-state index is -0.735. The second-order valence-electron chi connectivity index (χ2n) is 11.9. The Morgan fingerprint density at radius 1 is 0.638 bits per heavy atom. The van der Waals surface area contributed by atoms with Crippen molar-refractivity contribution in [2.75, 3.05) is 0 Å². The zero-order valence-electron chi connectivity index (χ0n) is 28.0. The lowest BCUT2D eigenvalue weighted by Gasteiger charge is -2.36. The van der Waals surface area contributed by atoms with Gasteiger partial charge in [-0.1, -0.05) is 99.8 Å². The Morgan fingerprint density at radius 3 is 1.30 bits per heavy atom. The van der Waals surface area contributed by atoms with Gasteiger partial charge in [0, 0.05) is 25.0 Å². The van der Waals surface area contributed by atoms with Crippen molar-refractivity contribution in [3.05, 3.63) is 143 Å². The molecule has 1 aliphatic carbocycles. The van der Waals surface area contributed by atoms with Crippen LogP contribution in [-0.2, 0) is 24.5 Å². The normalized spacial score (nSPS) is 13.8. The number of ether oxygens (including phenoxy) is 4. The fourth-order valence-electron chi connectivity index (χ4n) is 6.73. The SMILES string of the molecule is C=CC(=O)OC(CC)Oc1c(C)cc(C2(c3cc(C)c(OC(CC)OC(=O)C=C)c(C)c3)c3ccccc3-c3ccccc32)cc1C. The predicted octanol–water partition coefficient (Wildman–Crippen LogP) is 8.97. The van der Waals surface area contributed by atoms with Crippen molar-refractivity contribution in [3.8, 4) is 22.6 Å². The highest BCUT2D eigenvalue weighted by Gasteiger charge is 2.46. The molecule has 4 aromatic carbocycles. The van der Waals surface area contributed by atoms with E-state index < -0.39 is 29.9 Å². The Labute approximate surface area is 277 Å². The van der Waals surface area contributed by atoms with Crippen LogP contribution in [0.3, 0.4) is 0 Å². The number of hydrogen-bond donors (Lipinski definition) is 0. The van der Waals surface area contributed by atoms with Crippen LogP contribution in [0, 0.1) is 27.7 Å². The van der Waals surface area contributed by atoms with E-state index in [9.17, 15) is 9.59 Å². The number of aryl methyl sites for hydroxylation is 4. The van der Waals surface area contributed by atoms with Crippen molar-refractivity contribution in [2.45, 2.75) is 72.4 Å². The summed E-state index contributed by atoms with van der Waals surface area (Å²) >= 11 is 0. The van der Waals surface area contributed by atoms with Gasteiger partial charge in [0.1, 0.15) is 11.5 Å². The Hall–Kier alpha value is -5.10. The Bertz CT molecular complexity index is 1670. The average Bonchev–Trinajstić information content (AvgIpc) is 3.37. The zero-order chi connectivity index (χ0) is 33.9. The first-order valence-electron chi connectivity index (χ1n) is 16.0. The predicted molar refractivity (Wildman–Crippen MR) is 185 cm³/mol. The third kappa shape index (κ3) is 6.08.